The number of pyridine rings is 1. The number of halogens is 1. The van der Waals surface area contributed by atoms with Gasteiger partial charge in [-0.15, -0.1) is 0 Å². The van der Waals surface area contributed by atoms with Crippen LogP contribution in [-0.2, 0) is 13.0 Å². The lowest BCUT2D eigenvalue weighted by Gasteiger charge is -2.37. The lowest BCUT2D eigenvalue weighted by molar-refractivity contribution is 0.291. The SMILES string of the molecule is COc1cn2ccnc2cc1-c1cc2c(cc1F)N(c1nn(C3CCNCC3)c3c1CN(C)CC3)CCN2C. The van der Waals surface area contributed by atoms with E-state index in [1.165, 1.54) is 11.3 Å². The molecule has 1 saturated heterocycles. The molecule has 39 heavy (non-hydrogen) atoms. The van der Waals surface area contributed by atoms with Crippen molar-refractivity contribution in [2.45, 2.75) is 31.8 Å². The Balaban J connectivity index is 1.35. The van der Waals surface area contributed by atoms with Crippen LogP contribution in [0, 0.1) is 5.82 Å². The Morgan fingerprint density at radius 1 is 1.03 bits per heavy atom. The van der Waals surface area contributed by atoms with Crippen LogP contribution in [0.1, 0.15) is 30.1 Å². The van der Waals surface area contributed by atoms with Gasteiger partial charge in [-0.25, -0.2) is 9.37 Å². The fraction of sp³-hybridized carbons (Fsp3) is 0.448. The summed E-state index contributed by atoms with van der Waals surface area (Å²) < 4.78 is 25.9. The maximum absolute atomic E-state index is 16.1. The summed E-state index contributed by atoms with van der Waals surface area (Å²) in [6, 6.07) is 5.93. The molecular formula is C29H35FN8O. The number of nitrogens with zero attached hydrogens (tertiary/aromatic N) is 7. The monoisotopic (exact) mass is 530 g/mol. The van der Waals surface area contributed by atoms with Gasteiger partial charge in [0.15, 0.2) is 5.82 Å². The molecule has 3 aliphatic rings. The highest BCUT2D eigenvalue weighted by molar-refractivity contribution is 5.86. The average Bonchev–Trinajstić information content (AvgIpc) is 3.57. The summed E-state index contributed by atoms with van der Waals surface area (Å²) in [5.41, 5.74) is 6.42. The Morgan fingerprint density at radius 2 is 1.87 bits per heavy atom. The van der Waals surface area contributed by atoms with Crippen molar-refractivity contribution in [1.29, 1.82) is 0 Å². The second-order valence-electron chi connectivity index (χ2n) is 11.0. The third-order valence-electron chi connectivity index (χ3n) is 8.60. The molecule has 1 N–H and O–H groups in total. The van der Waals surface area contributed by atoms with Crippen molar-refractivity contribution in [3.05, 3.63) is 53.9 Å². The van der Waals surface area contributed by atoms with E-state index in [1.807, 2.05) is 28.9 Å². The van der Waals surface area contributed by atoms with Gasteiger partial charge in [0.1, 0.15) is 17.2 Å². The largest absolute Gasteiger partial charge is 0.495 e. The Labute approximate surface area is 227 Å². The van der Waals surface area contributed by atoms with Crippen LogP contribution < -0.4 is 19.9 Å². The number of anilines is 3. The number of hydrogen-bond donors (Lipinski definition) is 1. The molecule has 0 saturated carbocycles. The van der Waals surface area contributed by atoms with Gasteiger partial charge in [-0.1, -0.05) is 0 Å². The number of fused-ring (bicyclic) bond motifs is 3. The minimum Gasteiger partial charge on any atom is -0.495 e. The fourth-order valence-corrected chi connectivity index (χ4v) is 6.44. The Bertz CT molecular complexity index is 1540. The number of likely N-dealkylation sites (N-methyl/N-ethyl adjacent to an activating group) is 2. The van der Waals surface area contributed by atoms with E-state index >= 15 is 4.39 Å². The van der Waals surface area contributed by atoms with E-state index in [9.17, 15) is 0 Å². The first-order valence-electron chi connectivity index (χ1n) is 13.8. The molecule has 0 spiro atoms. The molecule has 0 aliphatic carbocycles. The maximum Gasteiger partial charge on any atom is 0.160 e. The van der Waals surface area contributed by atoms with Crippen LogP contribution in [0.5, 0.6) is 5.75 Å². The number of piperidine rings is 1. The highest BCUT2D eigenvalue weighted by Gasteiger charge is 2.33. The first kappa shape index (κ1) is 24.4. The van der Waals surface area contributed by atoms with Gasteiger partial charge >= 0.3 is 0 Å². The number of ether oxygens (including phenoxy) is 1. The zero-order valence-corrected chi connectivity index (χ0v) is 22.8. The van der Waals surface area contributed by atoms with Gasteiger partial charge in [0.2, 0.25) is 0 Å². The highest BCUT2D eigenvalue weighted by Crippen LogP contribution is 2.45. The van der Waals surface area contributed by atoms with Crippen LogP contribution in [0.25, 0.3) is 16.8 Å². The minimum atomic E-state index is -0.285. The summed E-state index contributed by atoms with van der Waals surface area (Å²) in [7, 11) is 5.86. The van der Waals surface area contributed by atoms with Crippen LogP contribution in [-0.4, -0.2) is 78.0 Å². The van der Waals surface area contributed by atoms with E-state index in [0.717, 1.165) is 81.4 Å². The summed E-state index contributed by atoms with van der Waals surface area (Å²) in [6.07, 6.45) is 8.61. The molecular weight excluding hydrogens is 495 g/mol. The highest BCUT2D eigenvalue weighted by atomic mass is 19.1. The normalized spacial score (nSPS) is 18.5. The summed E-state index contributed by atoms with van der Waals surface area (Å²) in [4.78, 5) is 11.2. The Morgan fingerprint density at radius 3 is 2.69 bits per heavy atom. The van der Waals surface area contributed by atoms with E-state index in [0.29, 0.717) is 22.9 Å². The van der Waals surface area contributed by atoms with E-state index < -0.39 is 0 Å². The van der Waals surface area contributed by atoms with Gasteiger partial charge in [-0.2, -0.15) is 5.10 Å². The molecule has 204 valence electrons. The van der Waals surface area contributed by atoms with Crippen molar-refractivity contribution >= 4 is 22.8 Å². The zero-order valence-electron chi connectivity index (χ0n) is 22.8. The number of aromatic nitrogens is 4. The van der Waals surface area contributed by atoms with Gasteiger partial charge < -0.3 is 29.2 Å². The van der Waals surface area contributed by atoms with Crippen molar-refractivity contribution in [2.24, 2.45) is 0 Å². The third kappa shape index (κ3) is 4.04. The molecule has 3 aromatic heterocycles. The molecule has 3 aliphatic heterocycles. The van der Waals surface area contributed by atoms with Crippen LogP contribution in [0.4, 0.5) is 21.6 Å². The topological polar surface area (TPSA) is 66.1 Å². The van der Waals surface area contributed by atoms with Crippen LogP contribution in [0.15, 0.2) is 36.8 Å². The molecule has 0 radical (unpaired) electrons. The molecule has 9 nitrogen and oxygen atoms in total. The molecule has 4 aromatic rings. The summed E-state index contributed by atoms with van der Waals surface area (Å²) >= 11 is 0. The van der Waals surface area contributed by atoms with Crippen LogP contribution >= 0.6 is 0 Å². The molecule has 0 amide bonds. The number of nitrogens with one attached hydrogen (secondary N) is 1. The molecule has 0 unspecified atom stereocenters. The number of rotatable bonds is 4. The second kappa shape index (κ2) is 9.53. The molecule has 6 heterocycles. The van der Waals surface area contributed by atoms with Gasteiger partial charge in [-0.3, -0.25) is 4.68 Å². The number of benzene rings is 1. The zero-order chi connectivity index (χ0) is 26.7. The van der Waals surface area contributed by atoms with Crippen molar-refractivity contribution in [3.8, 4) is 16.9 Å². The van der Waals surface area contributed by atoms with Gasteiger partial charge in [0, 0.05) is 80.5 Å². The number of hydrogen-bond acceptors (Lipinski definition) is 7. The maximum atomic E-state index is 16.1. The van der Waals surface area contributed by atoms with Crippen LogP contribution in [0.2, 0.25) is 0 Å². The number of imidazole rings is 1. The molecule has 7 rings (SSSR count). The van der Waals surface area contributed by atoms with Gasteiger partial charge in [0.05, 0.1) is 30.7 Å². The molecule has 10 heteroatoms. The molecule has 0 atom stereocenters. The molecule has 1 aromatic carbocycles. The van der Waals surface area contributed by atoms with E-state index in [2.05, 4.69) is 43.8 Å². The lowest BCUT2D eigenvalue weighted by atomic mass is 10.0. The Hall–Kier alpha value is -3.63. The van der Waals surface area contributed by atoms with Gasteiger partial charge in [-0.05, 0) is 45.1 Å². The first-order valence-corrected chi connectivity index (χ1v) is 13.8. The Kier molecular flexibility index (Phi) is 5.97. The minimum absolute atomic E-state index is 0.285. The fourth-order valence-electron chi connectivity index (χ4n) is 6.44. The quantitative estimate of drug-likeness (QED) is 0.430. The van der Waals surface area contributed by atoms with Crippen molar-refractivity contribution < 1.29 is 9.13 Å². The molecule has 1 fully saturated rings. The predicted octanol–water partition coefficient (Wildman–Crippen LogP) is 3.85. The third-order valence-corrected chi connectivity index (χ3v) is 8.60. The van der Waals surface area contributed by atoms with Crippen LogP contribution in [0.3, 0.4) is 0 Å². The second-order valence-corrected chi connectivity index (χ2v) is 11.0. The summed E-state index contributed by atoms with van der Waals surface area (Å²) in [5.74, 6) is 1.30. The average molecular weight is 531 g/mol. The standard InChI is InChI=1S/C29H35FN8O/c1-34-10-6-24-22(17-34)29(33-38(24)19-4-7-31-8-5-19)37-13-12-35(2)25-14-20(23(30)16-26(25)37)21-15-28-32-9-11-36(28)18-27(21)39-3/h9,11,14-16,18-19,31H,4-8,10,12-13,17H2,1-3H3. The predicted molar refractivity (Wildman–Crippen MR) is 151 cm³/mol. The van der Waals surface area contributed by atoms with Crippen molar-refractivity contribution in [2.75, 3.05) is 63.7 Å². The lowest BCUT2D eigenvalue weighted by Crippen LogP contribution is -2.37. The number of methoxy groups -OCH3 is 1. The van der Waals surface area contributed by atoms with Crippen molar-refractivity contribution in [1.82, 2.24) is 29.4 Å². The summed E-state index contributed by atoms with van der Waals surface area (Å²) in [5, 5.41) is 8.76. The summed E-state index contributed by atoms with van der Waals surface area (Å²) in [6.45, 7) is 5.51. The van der Waals surface area contributed by atoms with Crippen molar-refractivity contribution in [3.63, 3.8) is 0 Å². The smallest absolute Gasteiger partial charge is 0.160 e. The first-order chi connectivity index (χ1) is 19.0. The van der Waals surface area contributed by atoms with E-state index in [-0.39, 0.29) is 5.82 Å². The van der Waals surface area contributed by atoms with E-state index in [4.69, 9.17) is 9.84 Å². The molecule has 0 bridgehead atoms. The van der Waals surface area contributed by atoms with E-state index in [1.54, 1.807) is 19.4 Å². The van der Waals surface area contributed by atoms with Gasteiger partial charge in [0.25, 0.3) is 0 Å².